The average molecular weight is 399 g/mol. The summed E-state index contributed by atoms with van der Waals surface area (Å²) in [4.78, 5) is 36.3. The molecule has 28 heavy (non-hydrogen) atoms. The van der Waals surface area contributed by atoms with Crippen LogP contribution >= 0.6 is 11.6 Å². The molecule has 0 radical (unpaired) electrons. The lowest BCUT2D eigenvalue weighted by atomic mass is 10.1. The first-order chi connectivity index (χ1) is 13.5. The number of benzene rings is 2. The van der Waals surface area contributed by atoms with E-state index in [-0.39, 0.29) is 36.6 Å². The summed E-state index contributed by atoms with van der Waals surface area (Å²) in [5.74, 6) is -1.01. The van der Waals surface area contributed by atoms with E-state index in [4.69, 9.17) is 11.6 Å². The summed E-state index contributed by atoms with van der Waals surface area (Å²) in [7, 11) is 0. The second-order valence-electron chi connectivity index (χ2n) is 6.13. The number of Topliss-reactive ketones (excluding diaryl/α,β-unsaturated/α-hetero) is 1. The van der Waals surface area contributed by atoms with Crippen molar-refractivity contribution in [2.24, 2.45) is 0 Å². The summed E-state index contributed by atoms with van der Waals surface area (Å²) in [6.07, 6.45) is 0.277. The molecule has 0 spiro atoms. The number of ketones is 1. The summed E-state index contributed by atoms with van der Waals surface area (Å²) in [6, 6.07) is 16.1. The van der Waals surface area contributed by atoms with Gasteiger partial charge in [-0.15, -0.1) is 0 Å². The highest BCUT2D eigenvalue weighted by Gasteiger charge is 2.29. The van der Waals surface area contributed by atoms with E-state index in [2.05, 4.69) is 21.5 Å². The van der Waals surface area contributed by atoms with Crippen molar-refractivity contribution in [1.29, 1.82) is 0 Å². The summed E-state index contributed by atoms with van der Waals surface area (Å²) >= 11 is 5.90. The molecule has 0 saturated carbocycles. The molecule has 0 unspecified atom stereocenters. The molecule has 1 saturated heterocycles. The standard InChI is InChI=1S/C20H19ClN4O3/c21-13-5-4-8-15(11-13)24-25-18(27)10-9-16(19-17(26)12-22-20(19)28)23-14-6-2-1-3-7-14/h1-8,11,23-24H,9-10,12H2,(H,22,28)(H,25,27). The number of rotatable bonds is 7. The van der Waals surface area contributed by atoms with Crippen LogP contribution in [0.5, 0.6) is 0 Å². The first kappa shape index (κ1) is 19.4. The molecule has 144 valence electrons. The van der Waals surface area contributed by atoms with Gasteiger partial charge in [-0.25, -0.2) is 0 Å². The molecular weight excluding hydrogens is 380 g/mol. The van der Waals surface area contributed by atoms with Gasteiger partial charge in [0, 0.05) is 22.8 Å². The number of carbonyl (C=O) groups excluding carboxylic acids is 3. The average Bonchev–Trinajstić information content (AvgIpc) is 3.02. The molecule has 0 atom stereocenters. The van der Waals surface area contributed by atoms with Crippen LogP contribution in [0.3, 0.4) is 0 Å². The van der Waals surface area contributed by atoms with Gasteiger partial charge in [0.25, 0.3) is 5.91 Å². The number of carbonyl (C=O) groups is 3. The Labute approximate surface area is 167 Å². The number of halogens is 1. The van der Waals surface area contributed by atoms with Gasteiger partial charge in [0.2, 0.25) is 5.91 Å². The topological polar surface area (TPSA) is 99.3 Å². The molecular formula is C20H19ClN4O3. The van der Waals surface area contributed by atoms with Crippen LogP contribution < -0.4 is 21.5 Å². The number of nitrogens with one attached hydrogen (secondary N) is 4. The number of hydrogen-bond donors (Lipinski definition) is 4. The SMILES string of the molecule is O=C(CCC(Nc1ccccc1)=C1C(=O)CNC1=O)NNc1cccc(Cl)c1. The van der Waals surface area contributed by atoms with Crippen molar-refractivity contribution in [2.75, 3.05) is 17.3 Å². The third-order valence-corrected chi connectivity index (χ3v) is 4.29. The summed E-state index contributed by atoms with van der Waals surface area (Å²) < 4.78 is 0. The fraction of sp³-hybridized carbons (Fsp3) is 0.150. The quantitative estimate of drug-likeness (QED) is 0.326. The number of amides is 2. The third-order valence-electron chi connectivity index (χ3n) is 4.06. The molecule has 1 aliphatic heterocycles. The number of hydrogen-bond acceptors (Lipinski definition) is 5. The molecule has 1 aliphatic rings. The van der Waals surface area contributed by atoms with Gasteiger partial charge in [0.05, 0.1) is 12.2 Å². The Balaban J connectivity index is 1.66. The van der Waals surface area contributed by atoms with Crippen LogP contribution in [-0.4, -0.2) is 24.1 Å². The van der Waals surface area contributed by atoms with Gasteiger partial charge in [0.1, 0.15) is 5.57 Å². The Morgan fingerprint density at radius 1 is 1.00 bits per heavy atom. The molecule has 1 heterocycles. The first-order valence-electron chi connectivity index (χ1n) is 8.70. The Hall–Kier alpha value is -3.32. The lowest BCUT2D eigenvalue weighted by Gasteiger charge is -2.14. The summed E-state index contributed by atoms with van der Waals surface area (Å²) in [6.45, 7) is -0.0311. The molecule has 0 bridgehead atoms. The van der Waals surface area contributed by atoms with Gasteiger partial charge in [-0.1, -0.05) is 35.9 Å². The second-order valence-corrected chi connectivity index (χ2v) is 6.57. The predicted molar refractivity (Wildman–Crippen MR) is 108 cm³/mol. The van der Waals surface area contributed by atoms with Crippen LogP contribution in [0.2, 0.25) is 5.02 Å². The minimum absolute atomic E-state index is 0.0311. The van der Waals surface area contributed by atoms with Crippen molar-refractivity contribution in [2.45, 2.75) is 12.8 Å². The lowest BCUT2D eigenvalue weighted by molar-refractivity contribution is -0.121. The zero-order chi connectivity index (χ0) is 19.9. The normalized spacial score (nSPS) is 15.0. The maximum absolute atomic E-state index is 12.2. The smallest absolute Gasteiger partial charge is 0.257 e. The second kappa shape index (κ2) is 9.05. The molecule has 2 aromatic carbocycles. The highest BCUT2D eigenvalue weighted by Crippen LogP contribution is 2.20. The van der Waals surface area contributed by atoms with Gasteiger partial charge in [-0.05, 0) is 36.8 Å². The van der Waals surface area contributed by atoms with Crippen LogP contribution in [0.15, 0.2) is 65.9 Å². The lowest BCUT2D eigenvalue weighted by Crippen LogP contribution is -2.29. The first-order valence-corrected chi connectivity index (χ1v) is 9.08. The maximum atomic E-state index is 12.2. The third kappa shape index (κ3) is 5.11. The zero-order valence-corrected chi connectivity index (χ0v) is 15.7. The predicted octanol–water partition coefficient (Wildman–Crippen LogP) is 2.63. The maximum Gasteiger partial charge on any atom is 0.257 e. The van der Waals surface area contributed by atoms with Gasteiger partial charge in [-0.2, -0.15) is 0 Å². The monoisotopic (exact) mass is 398 g/mol. The summed E-state index contributed by atoms with van der Waals surface area (Å²) in [5.41, 5.74) is 7.22. The fourth-order valence-corrected chi connectivity index (χ4v) is 2.91. The molecule has 2 aromatic rings. The molecule has 3 rings (SSSR count). The molecule has 0 aliphatic carbocycles. The molecule has 4 N–H and O–H groups in total. The highest BCUT2D eigenvalue weighted by molar-refractivity contribution is 6.30. The Morgan fingerprint density at radius 2 is 1.75 bits per heavy atom. The van der Waals surface area contributed by atoms with E-state index in [1.165, 1.54) is 0 Å². The van der Waals surface area contributed by atoms with E-state index >= 15 is 0 Å². The summed E-state index contributed by atoms with van der Waals surface area (Å²) in [5, 5.41) is 6.16. The molecule has 7 nitrogen and oxygen atoms in total. The van der Waals surface area contributed by atoms with Crippen LogP contribution in [0.1, 0.15) is 12.8 Å². The van der Waals surface area contributed by atoms with Gasteiger partial charge < -0.3 is 10.6 Å². The molecule has 8 heteroatoms. The zero-order valence-electron chi connectivity index (χ0n) is 14.9. The number of para-hydroxylation sites is 1. The largest absolute Gasteiger partial charge is 0.358 e. The van der Waals surface area contributed by atoms with Gasteiger partial charge in [-0.3, -0.25) is 25.2 Å². The van der Waals surface area contributed by atoms with E-state index in [1.807, 2.05) is 30.3 Å². The minimum atomic E-state index is -0.430. The van der Waals surface area contributed by atoms with Crippen LogP contribution in [0, 0.1) is 0 Å². The fourth-order valence-electron chi connectivity index (χ4n) is 2.72. The van der Waals surface area contributed by atoms with E-state index in [1.54, 1.807) is 24.3 Å². The van der Waals surface area contributed by atoms with Crippen molar-refractivity contribution in [3.05, 3.63) is 70.9 Å². The van der Waals surface area contributed by atoms with Gasteiger partial charge in [0.15, 0.2) is 5.78 Å². The van der Waals surface area contributed by atoms with Crippen molar-refractivity contribution in [3.63, 3.8) is 0 Å². The number of hydrazine groups is 1. The van der Waals surface area contributed by atoms with Crippen LogP contribution in [0.25, 0.3) is 0 Å². The van der Waals surface area contributed by atoms with Crippen molar-refractivity contribution < 1.29 is 14.4 Å². The van der Waals surface area contributed by atoms with E-state index in [0.717, 1.165) is 5.69 Å². The molecule has 0 aromatic heterocycles. The van der Waals surface area contributed by atoms with Crippen LogP contribution in [-0.2, 0) is 14.4 Å². The van der Waals surface area contributed by atoms with Crippen molar-refractivity contribution >= 4 is 40.6 Å². The van der Waals surface area contributed by atoms with Crippen molar-refractivity contribution in [3.8, 4) is 0 Å². The Bertz CT molecular complexity index is 910. The van der Waals surface area contributed by atoms with Gasteiger partial charge >= 0.3 is 0 Å². The number of allylic oxidation sites excluding steroid dienone is 1. The highest BCUT2D eigenvalue weighted by atomic mass is 35.5. The Morgan fingerprint density at radius 3 is 2.43 bits per heavy atom. The van der Waals surface area contributed by atoms with E-state index in [0.29, 0.717) is 16.4 Å². The van der Waals surface area contributed by atoms with E-state index < -0.39 is 5.91 Å². The number of anilines is 2. The minimum Gasteiger partial charge on any atom is -0.358 e. The Kier molecular flexibility index (Phi) is 6.29. The van der Waals surface area contributed by atoms with E-state index in [9.17, 15) is 14.4 Å². The molecule has 1 fully saturated rings. The molecule has 2 amide bonds. The van der Waals surface area contributed by atoms with Crippen LogP contribution in [0.4, 0.5) is 11.4 Å². The van der Waals surface area contributed by atoms with Crippen molar-refractivity contribution in [1.82, 2.24) is 10.7 Å².